The number of pyridine rings is 1. The van der Waals surface area contributed by atoms with Crippen LogP contribution in [-0.4, -0.2) is 72.2 Å². The van der Waals surface area contributed by atoms with Crippen LogP contribution in [0.25, 0.3) is 33.1 Å². The number of nitrogens with zero attached hydrogens (tertiary/aromatic N) is 3. The van der Waals surface area contributed by atoms with E-state index in [0.717, 1.165) is 86.6 Å². The Bertz CT molecular complexity index is 1260. The lowest BCUT2D eigenvalue weighted by Gasteiger charge is -2.32. The molecule has 6 heteroatoms. The Morgan fingerprint density at radius 2 is 1.74 bits per heavy atom. The molecule has 0 aliphatic carbocycles. The van der Waals surface area contributed by atoms with Crippen molar-refractivity contribution < 1.29 is 4.74 Å². The fraction of sp³-hybridized carbons (Fsp3) is 0.414. The first-order chi connectivity index (χ1) is 17.1. The van der Waals surface area contributed by atoms with Crippen LogP contribution in [0.15, 0.2) is 54.6 Å². The normalized spacial score (nSPS) is 16.2. The van der Waals surface area contributed by atoms with Crippen molar-refractivity contribution in [2.24, 2.45) is 5.73 Å². The number of aromatic nitrogens is 2. The monoisotopic (exact) mass is 471 g/mol. The number of benzene rings is 2. The van der Waals surface area contributed by atoms with Crippen molar-refractivity contribution in [3.8, 4) is 16.9 Å². The third-order valence-electron chi connectivity index (χ3n) is 7.27. The summed E-state index contributed by atoms with van der Waals surface area (Å²) in [5.41, 5.74) is 11.6. The van der Waals surface area contributed by atoms with Gasteiger partial charge in [-0.05, 0) is 73.8 Å². The zero-order valence-corrected chi connectivity index (χ0v) is 21.0. The van der Waals surface area contributed by atoms with Gasteiger partial charge >= 0.3 is 0 Å². The average Bonchev–Trinajstić information content (AvgIpc) is 3.26. The Morgan fingerprint density at radius 3 is 2.51 bits per heavy atom. The second kappa shape index (κ2) is 10.8. The largest absolute Gasteiger partial charge is 0.492 e. The molecule has 35 heavy (non-hydrogen) atoms. The zero-order chi connectivity index (χ0) is 24.2. The number of piperazine rings is 1. The van der Waals surface area contributed by atoms with Gasteiger partial charge in [-0.2, -0.15) is 0 Å². The molecule has 4 aromatic rings. The molecule has 0 amide bonds. The lowest BCUT2D eigenvalue weighted by molar-refractivity contribution is 0.134. The number of H-pyrrole nitrogens is 1. The molecule has 6 nitrogen and oxygen atoms in total. The van der Waals surface area contributed by atoms with Crippen LogP contribution in [0.5, 0.6) is 5.75 Å². The van der Waals surface area contributed by atoms with Crippen molar-refractivity contribution in [2.45, 2.75) is 32.2 Å². The van der Waals surface area contributed by atoms with Gasteiger partial charge in [-0.1, -0.05) is 25.1 Å². The Hall–Kier alpha value is -2.93. The summed E-state index contributed by atoms with van der Waals surface area (Å²) in [6, 6.07) is 19.6. The predicted octanol–water partition coefficient (Wildman–Crippen LogP) is 4.68. The Balaban J connectivity index is 1.25. The van der Waals surface area contributed by atoms with Gasteiger partial charge < -0.3 is 20.4 Å². The van der Waals surface area contributed by atoms with E-state index in [9.17, 15) is 0 Å². The summed E-state index contributed by atoms with van der Waals surface area (Å²) in [5.74, 6) is 0.926. The van der Waals surface area contributed by atoms with Crippen molar-refractivity contribution in [3.05, 3.63) is 60.3 Å². The second-order valence-corrected chi connectivity index (χ2v) is 9.81. The summed E-state index contributed by atoms with van der Waals surface area (Å²) in [6.07, 6.45) is 2.88. The molecule has 5 rings (SSSR count). The second-order valence-electron chi connectivity index (χ2n) is 9.81. The Kier molecular flexibility index (Phi) is 7.32. The molecule has 3 N–H and O–H groups in total. The molecule has 0 saturated carbocycles. The molecule has 3 heterocycles. The maximum Gasteiger partial charge on any atom is 0.138 e. The topological polar surface area (TPSA) is 70.4 Å². The molecule has 2 aromatic heterocycles. The van der Waals surface area contributed by atoms with Crippen LogP contribution < -0.4 is 10.5 Å². The number of ether oxygens (including phenoxy) is 1. The molecule has 1 unspecified atom stereocenters. The van der Waals surface area contributed by atoms with Gasteiger partial charge in [0.2, 0.25) is 0 Å². The number of aromatic amines is 1. The molecule has 0 bridgehead atoms. The summed E-state index contributed by atoms with van der Waals surface area (Å²) in [4.78, 5) is 13.2. The number of nitrogens with one attached hydrogen (secondary N) is 1. The highest BCUT2D eigenvalue weighted by Gasteiger charge is 2.13. The van der Waals surface area contributed by atoms with Crippen LogP contribution in [0.1, 0.15) is 25.5 Å². The highest BCUT2D eigenvalue weighted by molar-refractivity contribution is 6.07. The third kappa shape index (κ3) is 5.67. The molecule has 0 spiro atoms. The van der Waals surface area contributed by atoms with E-state index in [4.69, 9.17) is 15.5 Å². The van der Waals surface area contributed by atoms with Crippen LogP contribution in [0.2, 0.25) is 0 Å². The zero-order valence-electron chi connectivity index (χ0n) is 21.0. The first kappa shape index (κ1) is 23.8. The molecule has 1 saturated heterocycles. The fourth-order valence-electron chi connectivity index (χ4n) is 4.78. The standard InChI is InChI=1S/C29H37N5O/c1-3-23(30)7-8-24-9-12-26-27-20-22(6-13-28(27)32-29(26)31-24)21-4-10-25(11-5-21)35-19-18-34-16-14-33(2)15-17-34/h4-6,9-13,20,23H,3,7-8,14-19,30H2,1-2H3,(H,31,32). The molecular weight excluding hydrogens is 434 g/mol. The van der Waals surface area contributed by atoms with Crippen LogP contribution >= 0.6 is 0 Å². The van der Waals surface area contributed by atoms with Crippen molar-refractivity contribution in [1.82, 2.24) is 19.8 Å². The van der Waals surface area contributed by atoms with Gasteiger partial charge in [-0.3, -0.25) is 4.90 Å². The van der Waals surface area contributed by atoms with Crippen LogP contribution in [-0.2, 0) is 6.42 Å². The van der Waals surface area contributed by atoms with E-state index < -0.39 is 0 Å². The minimum absolute atomic E-state index is 0.242. The summed E-state index contributed by atoms with van der Waals surface area (Å²) in [6.45, 7) is 8.36. The lowest BCUT2D eigenvalue weighted by Crippen LogP contribution is -2.45. The van der Waals surface area contributed by atoms with E-state index in [1.54, 1.807) is 0 Å². The van der Waals surface area contributed by atoms with Gasteiger partial charge in [0, 0.05) is 60.7 Å². The molecule has 184 valence electrons. The first-order valence-corrected chi connectivity index (χ1v) is 12.9. The molecule has 1 aliphatic rings. The van der Waals surface area contributed by atoms with Gasteiger partial charge in [-0.25, -0.2) is 4.98 Å². The van der Waals surface area contributed by atoms with Crippen LogP contribution in [0, 0.1) is 0 Å². The van der Waals surface area contributed by atoms with E-state index in [0.29, 0.717) is 0 Å². The van der Waals surface area contributed by atoms with Crippen molar-refractivity contribution >= 4 is 21.9 Å². The highest BCUT2D eigenvalue weighted by atomic mass is 16.5. The molecular formula is C29H37N5O. The van der Waals surface area contributed by atoms with Crippen molar-refractivity contribution in [3.63, 3.8) is 0 Å². The minimum Gasteiger partial charge on any atom is -0.492 e. The lowest BCUT2D eigenvalue weighted by atomic mass is 10.0. The van der Waals surface area contributed by atoms with E-state index in [2.05, 4.69) is 83.4 Å². The van der Waals surface area contributed by atoms with E-state index in [1.165, 1.54) is 16.5 Å². The average molecular weight is 472 g/mol. The van der Waals surface area contributed by atoms with Crippen LogP contribution in [0.3, 0.4) is 0 Å². The van der Waals surface area contributed by atoms with Crippen molar-refractivity contribution in [2.75, 3.05) is 46.4 Å². The Morgan fingerprint density at radius 1 is 0.971 bits per heavy atom. The number of aryl methyl sites for hydroxylation is 1. The quantitative estimate of drug-likeness (QED) is 0.371. The minimum atomic E-state index is 0.242. The molecule has 0 radical (unpaired) electrons. The Labute approximate surface area is 208 Å². The van der Waals surface area contributed by atoms with Gasteiger partial charge in [0.15, 0.2) is 0 Å². The van der Waals surface area contributed by atoms with E-state index in [-0.39, 0.29) is 6.04 Å². The van der Waals surface area contributed by atoms with Gasteiger partial charge in [0.25, 0.3) is 0 Å². The summed E-state index contributed by atoms with van der Waals surface area (Å²) in [5, 5.41) is 2.36. The SMILES string of the molecule is CCC(N)CCc1ccc2c(n1)[nH]c1ccc(-c3ccc(OCCN4CCN(C)CC4)cc3)cc12. The predicted molar refractivity (Wildman–Crippen MR) is 145 cm³/mol. The smallest absolute Gasteiger partial charge is 0.138 e. The van der Waals surface area contributed by atoms with Crippen molar-refractivity contribution in [1.29, 1.82) is 0 Å². The fourth-order valence-corrected chi connectivity index (χ4v) is 4.78. The first-order valence-electron chi connectivity index (χ1n) is 12.9. The number of rotatable bonds is 9. The summed E-state index contributed by atoms with van der Waals surface area (Å²) in [7, 11) is 2.18. The van der Waals surface area contributed by atoms with E-state index in [1.807, 2.05) is 0 Å². The van der Waals surface area contributed by atoms with Gasteiger partial charge in [0.05, 0.1) is 0 Å². The maximum absolute atomic E-state index is 6.09. The maximum atomic E-state index is 6.09. The van der Waals surface area contributed by atoms with E-state index >= 15 is 0 Å². The third-order valence-corrected chi connectivity index (χ3v) is 7.27. The number of nitrogens with two attached hydrogens (primary N) is 1. The molecule has 1 aliphatic heterocycles. The number of fused-ring (bicyclic) bond motifs is 3. The number of hydrogen-bond donors (Lipinski definition) is 2. The van der Waals surface area contributed by atoms with Gasteiger partial charge in [-0.15, -0.1) is 0 Å². The summed E-state index contributed by atoms with van der Waals surface area (Å²) >= 11 is 0. The number of hydrogen-bond acceptors (Lipinski definition) is 5. The molecule has 1 fully saturated rings. The molecule has 1 atom stereocenters. The summed E-state index contributed by atoms with van der Waals surface area (Å²) < 4.78 is 6.02. The van der Waals surface area contributed by atoms with Crippen LogP contribution in [0.4, 0.5) is 0 Å². The highest BCUT2D eigenvalue weighted by Crippen LogP contribution is 2.30. The molecule has 2 aromatic carbocycles. The number of likely N-dealkylation sites (N-methyl/N-ethyl adjacent to an activating group) is 1. The van der Waals surface area contributed by atoms with Gasteiger partial charge in [0.1, 0.15) is 18.0 Å².